The maximum atomic E-state index is 12.9. The molecule has 0 aromatic heterocycles. The highest BCUT2D eigenvalue weighted by molar-refractivity contribution is 5.71. The molecule has 0 aliphatic rings. The third kappa shape index (κ3) is 60.9. The van der Waals surface area contributed by atoms with Gasteiger partial charge in [-0.3, -0.25) is 14.4 Å². The van der Waals surface area contributed by atoms with Gasteiger partial charge in [0.1, 0.15) is 13.2 Å². The highest BCUT2D eigenvalue weighted by Gasteiger charge is 2.19. The zero-order valence-corrected chi connectivity index (χ0v) is 49.7. The molecule has 0 fully saturated rings. The largest absolute Gasteiger partial charge is 0.462 e. The molecule has 0 aromatic rings. The molecular weight excluding hydrogens is 901 g/mol. The van der Waals surface area contributed by atoms with Crippen LogP contribution < -0.4 is 0 Å². The van der Waals surface area contributed by atoms with E-state index in [0.717, 1.165) is 70.6 Å². The van der Waals surface area contributed by atoms with Crippen LogP contribution >= 0.6 is 0 Å². The smallest absolute Gasteiger partial charge is 0.306 e. The summed E-state index contributed by atoms with van der Waals surface area (Å²) in [6.45, 7) is 6.64. The lowest BCUT2D eigenvalue weighted by Gasteiger charge is -2.18. The van der Waals surface area contributed by atoms with Crippen LogP contribution in [-0.2, 0) is 28.6 Å². The van der Waals surface area contributed by atoms with Crippen molar-refractivity contribution in [2.24, 2.45) is 0 Å². The van der Waals surface area contributed by atoms with Crippen molar-refractivity contribution in [1.29, 1.82) is 0 Å². The summed E-state index contributed by atoms with van der Waals surface area (Å²) in [7, 11) is 0. The number of carbonyl (C=O) groups is 3. The molecule has 0 aliphatic heterocycles. The first-order chi connectivity index (χ1) is 36.0. The van der Waals surface area contributed by atoms with Crippen LogP contribution in [0.25, 0.3) is 0 Å². The third-order valence-corrected chi connectivity index (χ3v) is 15.3. The van der Waals surface area contributed by atoms with E-state index in [-0.39, 0.29) is 31.1 Å². The van der Waals surface area contributed by atoms with Crippen molar-refractivity contribution >= 4 is 17.9 Å². The summed E-state index contributed by atoms with van der Waals surface area (Å²) in [5.41, 5.74) is 0. The first-order valence-electron chi connectivity index (χ1n) is 33.2. The van der Waals surface area contributed by atoms with Crippen LogP contribution in [0.3, 0.4) is 0 Å². The number of rotatable bonds is 62. The van der Waals surface area contributed by atoms with Crippen molar-refractivity contribution < 1.29 is 28.6 Å². The lowest BCUT2D eigenvalue weighted by atomic mass is 10.0. The normalized spacial score (nSPS) is 12.0. The molecule has 0 rings (SSSR count). The molecule has 0 spiro atoms. The topological polar surface area (TPSA) is 78.9 Å². The van der Waals surface area contributed by atoms with Crippen LogP contribution in [-0.4, -0.2) is 37.2 Å². The highest BCUT2D eigenvalue weighted by atomic mass is 16.6. The average Bonchev–Trinajstić information content (AvgIpc) is 3.39. The van der Waals surface area contributed by atoms with Gasteiger partial charge in [0.05, 0.1) is 0 Å². The lowest BCUT2D eigenvalue weighted by Crippen LogP contribution is -2.30. The lowest BCUT2D eigenvalue weighted by molar-refractivity contribution is -0.167. The zero-order chi connectivity index (χ0) is 52.9. The van der Waals surface area contributed by atoms with Gasteiger partial charge in [0.25, 0.3) is 0 Å². The minimum absolute atomic E-state index is 0.0665. The Balaban J connectivity index is 4.04. The first kappa shape index (κ1) is 71.2. The number of hydrogen-bond donors (Lipinski definition) is 0. The molecule has 73 heavy (non-hydrogen) atoms. The summed E-state index contributed by atoms with van der Waals surface area (Å²) in [6.07, 6.45) is 74.0. The second-order valence-corrected chi connectivity index (χ2v) is 22.7. The summed E-state index contributed by atoms with van der Waals surface area (Å²) < 4.78 is 16.9. The first-order valence-corrected chi connectivity index (χ1v) is 33.2. The second kappa shape index (κ2) is 62.7. The Morgan fingerprint density at radius 3 is 0.740 bits per heavy atom. The maximum absolute atomic E-state index is 12.9. The third-order valence-electron chi connectivity index (χ3n) is 15.3. The molecule has 0 N–H and O–H groups in total. The Kier molecular flexibility index (Phi) is 61.1. The van der Waals surface area contributed by atoms with Crippen molar-refractivity contribution in [3.8, 4) is 0 Å². The van der Waals surface area contributed by atoms with Crippen molar-refractivity contribution in [3.05, 3.63) is 12.2 Å². The van der Waals surface area contributed by atoms with Gasteiger partial charge in [0.15, 0.2) is 6.10 Å². The highest BCUT2D eigenvalue weighted by Crippen LogP contribution is 2.19. The monoisotopic (exact) mass is 1030 g/mol. The molecule has 0 aromatic carbocycles. The maximum Gasteiger partial charge on any atom is 0.306 e. The van der Waals surface area contributed by atoms with Gasteiger partial charge in [-0.25, -0.2) is 0 Å². The zero-order valence-electron chi connectivity index (χ0n) is 49.7. The number of unbranched alkanes of at least 4 members (excludes halogenated alkanes) is 49. The van der Waals surface area contributed by atoms with E-state index >= 15 is 0 Å². The van der Waals surface area contributed by atoms with Crippen molar-refractivity contribution in [1.82, 2.24) is 0 Å². The van der Waals surface area contributed by atoms with E-state index in [4.69, 9.17) is 14.2 Å². The predicted molar refractivity (Wildman–Crippen MR) is 317 cm³/mol. The number of hydrogen-bond acceptors (Lipinski definition) is 6. The van der Waals surface area contributed by atoms with Gasteiger partial charge in [-0.05, 0) is 38.5 Å². The van der Waals surface area contributed by atoms with E-state index < -0.39 is 6.10 Å². The molecule has 0 heterocycles. The van der Waals surface area contributed by atoms with E-state index in [0.29, 0.717) is 19.3 Å². The Bertz CT molecular complexity index is 1130. The molecule has 432 valence electrons. The van der Waals surface area contributed by atoms with Crippen LogP contribution in [0.5, 0.6) is 0 Å². The Morgan fingerprint density at radius 1 is 0.260 bits per heavy atom. The molecule has 6 nitrogen and oxygen atoms in total. The minimum Gasteiger partial charge on any atom is -0.462 e. The van der Waals surface area contributed by atoms with Gasteiger partial charge in [-0.1, -0.05) is 335 Å². The van der Waals surface area contributed by atoms with Gasteiger partial charge >= 0.3 is 17.9 Å². The van der Waals surface area contributed by atoms with Crippen LogP contribution in [0.15, 0.2) is 12.2 Å². The summed E-state index contributed by atoms with van der Waals surface area (Å²) in [4.78, 5) is 38.2. The summed E-state index contributed by atoms with van der Waals surface area (Å²) >= 11 is 0. The summed E-state index contributed by atoms with van der Waals surface area (Å²) in [5, 5.41) is 0. The Hall–Kier alpha value is -1.85. The van der Waals surface area contributed by atoms with Crippen LogP contribution in [0, 0.1) is 0 Å². The van der Waals surface area contributed by atoms with E-state index in [1.165, 1.54) is 270 Å². The standard InChI is InChI=1S/C67H128O6/c1-4-7-10-13-16-19-22-24-26-27-28-29-30-31-32-33-34-35-36-37-38-39-40-42-43-45-48-51-54-57-60-66(69)72-63-64(62-71-65(68)59-56-53-50-47-21-18-15-12-9-6-3)73-67(70)61-58-55-52-49-46-44-41-25-23-20-17-14-11-8-5-2/h12,15,64H,4-11,13-14,16-63H2,1-3H3/b15-12-. The average molecular weight is 1030 g/mol. The molecule has 0 saturated heterocycles. The van der Waals surface area contributed by atoms with Crippen molar-refractivity contribution in [3.63, 3.8) is 0 Å². The van der Waals surface area contributed by atoms with Crippen LogP contribution in [0.1, 0.15) is 380 Å². The SMILES string of the molecule is CCC/C=C\CCCCCCCC(=O)OCC(COC(=O)CCCCCCCCCCCCCCCCCCCCCCCCCCCCCCCC)OC(=O)CCCCCCCCCCCCCCCCC. The number of esters is 3. The van der Waals surface area contributed by atoms with Gasteiger partial charge in [-0.15, -0.1) is 0 Å². The fourth-order valence-electron chi connectivity index (χ4n) is 10.3. The number of allylic oxidation sites excluding steroid dienone is 2. The molecular formula is C67H128O6. The second-order valence-electron chi connectivity index (χ2n) is 22.7. The number of ether oxygens (including phenoxy) is 3. The Morgan fingerprint density at radius 2 is 0.479 bits per heavy atom. The van der Waals surface area contributed by atoms with E-state index in [9.17, 15) is 14.4 Å². The predicted octanol–water partition coefficient (Wildman–Crippen LogP) is 22.4. The summed E-state index contributed by atoms with van der Waals surface area (Å²) in [6, 6.07) is 0. The molecule has 0 aliphatic carbocycles. The van der Waals surface area contributed by atoms with Gasteiger partial charge in [0.2, 0.25) is 0 Å². The summed E-state index contributed by atoms with van der Waals surface area (Å²) in [5.74, 6) is -0.850. The molecule has 1 atom stereocenters. The fourth-order valence-corrected chi connectivity index (χ4v) is 10.3. The Labute approximate surface area is 456 Å². The molecule has 0 radical (unpaired) electrons. The number of carbonyl (C=O) groups excluding carboxylic acids is 3. The van der Waals surface area contributed by atoms with E-state index in [2.05, 4.69) is 32.9 Å². The van der Waals surface area contributed by atoms with Gasteiger partial charge < -0.3 is 14.2 Å². The molecule has 0 bridgehead atoms. The van der Waals surface area contributed by atoms with E-state index in [1.807, 2.05) is 0 Å². The van der Waals surface area contributed by atoms with Gasteiger partial charge in [-0.2, -0.15) is 0 Å². The minimum atomic E-state index is -0.768. The fraction of sp³-hybridized carbons (Fsp3) is 0.925. The van der Waals surface area contributed by atoms with Crippen LogP contribution in [0.2, 0.25) is 0 Å². The quantitative estimate of drug-likeness (QED) is 0.0261. The molecule has 1 unspecified atom stereocenters. The van der Waals surface area contributed by atoms with Crippen LogP contribution in [0.4, 0.5) is 0 Å². The molecule has 6 heteroatoms. The molecule has 0 amide bonds. The van der Waals surface area contributed by atoms with Gasteiger partial charge in [0, 0.05) is 19.3 Å². The molecule has 0 saturated carbocycles. The van der Waals surface area contributed by atoms with Crippen molar-refractivity contribution in [2.45, 2.75) is 386 Å². The van der Waals surface area contributed by atoms with E-state index in [1.54, 1.807) is 0 Å². The van der Waals surface area contributed by atoms with Crippen molar-refractivity contribution in [2.75, 3.05) is 13.2 Å².